The Bertz CT molecular complexity index is 1010. The molecule has 4 nitrogen and oxygen atoms in total. The molecule has 7 heteroatoms. The zero-order valence-electron chi connectivity index (χ0n) is 14.9. The summed E-state index contributed by atoms with van der Waals surface area (Å²) >= 11 is 8.34. The molecule has 2 aromatic carbocycles. The summed E-state index contributed by atoms with van der Waals surface area (Å²) in [4.78, 5) is 14.9. The molecule has 0 unspecified atom stereocenters. The van der Waals surface area contributed by atoms with Gasteiger partial charge in [0.05, 0.1) is 11.4 Å². The second-order valence-electron chi connectivity index (χ2n) is 6.45. The maximum Gasteiger partial charge on any atom is 0.237 e. The Kier molecular flexibility index (Phi) is 5.43. The van der Waals surface area contributed by atoms with Crippen LogP contribution in [0.1, 0.15) is 18.9 Å². The summed E-state index contributed by atoms with van der Waals surface area (Å²) in [5, 5.41) is 4.58. The van der Waals surface area contributed by atoms with E-state index >= 15 is 0 Å². The molecule has 0 radical (unpaired) electrons. The van der Waals surface area contributed by atoms with Gasteiger partial charge in [-0.3, -0.25) is 4.79 Å². The van der Waals surface area contributed by atoms with Crippen molar-refractivity contribution >= 4 is 46.9 Å². The van der Waals surface area contributed by atoms with Gasteiger partial charge in [0.1, 0.15) is 0 Å². The summed E-state index contributed by atoms with van der Waals surface area (Å²) < 4.78 is 3.26. The first-order valence-electron chi connectivity index (χ1n) is 8.82. The van der Waals surface area contributed by atoms with E-state index < -0.39 is 0 Å². The lowest BCUT2D eigenvalue weighted by atomic mass is 9.97. The van der Waals surface area contributed by atoms with Gasteiger partial charge in [0, 0.05) is 11.7 Å². The number of aromatic nitrogens is 2. The average molecular weight is 414 g/mol. The number of amides is 1. The minimum atomic E-state index is 0.118. The molecule has 0 aliphatic carbocycles. The third-order valence-corrected chi connectivity index (χ3v) is 6.99. The summed E-state index contributed by atoms with van der Waals surface area (Å²) in [6.45, 7) is 2.12. The lowest BCUT2D eigenvalue weighted by Crippen LogP contribution is -2.43. The van der Waals surface area contributed by atoms with Crippen LogP contribution in [-0.4, -0.2) is 27.5 Å². The Morgan fingerprint density at radius 2 is 1.96 bits per heavy atom. The first kappa shape index (κ1) is 18.4. The van der Waals surface area contributed by atoms with E-state index in [1.165, 1.54) is 28.7 Å². The van der Waals surface area contributed by atoms with Gasteiger partial charge in [0.15, 0.2) is 8.29 Å². The van der Waals surface area contributed by atoms with Crippen LogP contribution in [0.25, 0.3) is 5.69 Å². The standard InChI is InChI=1S/C20H19N3OS3/c1-14-11-12-15-7-5-6-10-17(15)22(14)18(24)13-26-19-21-23(20(25)27-19)16-8-3-2-4-9-16/h2-10,14H,11-13H2,1H3/t14-/m0/s1. The topological polar surface area (TPSA) is 38.1 Å². The molecule has 4 rings (SSSR count). The summed E-state index contributed by atoms with van der Waals surface area (Å²) in [5.74, 6) is 0.475. The van der Waals surface area contributed by atoms with E-state index in [2.05, 4.69) is 18.1 Å². The molecule has 0 saturated carbocycles. The van der Waals surface area contributed by atoms with Gasteiger partial charge in [-0.1, -0.05) is 59.5 Å². The Labute approximate surface area is 171 Å². The van der Waals surface area contributed by atoms with Gasteiger partial charge in [0.25, 0.3) is 0 Å². The number of hydrogen-bond acceptors (Lipinski definition) is 5. The van der Waals surface area contributed by atoms with Crippen LogP contribution in [0.15, 0.2) is 58.9 Å². The number of carbonyl (C=O) groups is 1. The van der Waals surface area contributed by atoms with E-state index in [-0.39, 0.29) is 11.9 Å². The first-order valence-corrected chi connectivity index (χ1v) is 11.0. The Hall–Kier alpha value is -1.96. The van der Waals surface area contributed by atoms with Gasteiger partial charge >= 0.3 is 0 Å². The molecule has 1 amide bonds. The average Bonchev–Trinajstić information content (AvgIpc) is 3.07. The molecule has 138 valence electrons. The first-order chi connectivity index (χ1) is 13.1. The monoisotopic (exact) mass is 413 g/mol. The number of aryl methyl sites for hydroxylation is 1. The highest BCUT2D eigenvalue weighted by Gasteiger charge is 2.28. The van der Waals surface area contributed by atoms with E-state index in [0.29, 0.717) is 9.71 Å². The van der Waals surface area contributed by atoms with Crippen LogP contribution in [0.3, 0.4) is 0 Å². The van der Waals surface area contributed by atoms with Crippen molar-refractivity contribution < 1.29 is 4.79 Å². The molecule has 0 spiro atoms. The van der Waals surface area contributed by atoms with Gasteiger partial charge in [-0.15, -0.1) is 5.10 Å². The van der Waals surface area contributed by atoms with Crippen molar-refractivity contribution in [2.24, 2.45) is 0 Å². The second kappa shape index (κ2) is 7.96. The number of thioether (sulfide) groups is 1. The van der Waals surface area contributed by atoms with Gasteiger partial charge < -0.3 is 4.90 Å². The van der Waals surface area contributed by atoms with E-state index in [1.54, 1.807) is 4.68 Å². The zero-order chi connectivity index (χ0) is 18.8. The van der Waals surface area contributed by atoms with Crippen molar-refractivity contribution in [3.8, 4) is 5.69 Å². The summed E-state index contributed by atoms with van der Waals surface area (Å²) in [7, 11) is 0. The number of nitrogens with zero attached hydrogens (tertiary/aromatic N) is 3. The molecule has 1 atom stereocenters. The largest absolute Gasteiger partial charge is 0.309 e. The number of carbonyl (C=O) groups excluding carboxylic acids is 1. The van der Waals surface area contributed by atoms with Gasteiger partial charge in [-0.25, -0.2) is 4.68 Å². The number of rotatable bonds is 4. The Balaban J connectivity index is 1.50. The van der Waals surface area contributed by atoms with E-state index in [9.17, 15) is 4.79 Å². The third-order valence-electron chi connectivity index (χ3n) is 4.64. The highest BCUT2D eigenvalue weighted by Crippen LogP contribution is 2.32. The quantitative estimate of drug-likeness (QED) is 0.439. The SMILES string of the molecule is C[C@H]1CCc2ccccc2N1C(=O)CSc1nn(-c2ccccc2)c(=S)s1. The molecular weight excluding hydrogens is 394 g/mol. The van der Waals surface area contributed by atoms with Crippen molar-refractivity contribution in [2.45, 2.75) is 30.1 Å². The fraction of sp³-hybridized carbons (Fsp3) is 0.250. The third kappa shape index (κ3) is 3.85. The molecule has 0 fully saturated rings. The number of hydrogen-bond donors (Lipinski definition) is 0. The minimum absolute atomic E-state index is 0.118. The van der Waals surface area contributed by atoms with Crippen LogP contribution in [0, 0.1) is 3.95 Å². The fourth-order valence-electron chi connectivity index (χ4n) is 3.31. The summed E-state index contributed by atoms with van der Waals surface area (Å²) in [6, 6.07) is 18.2. The van der Waals surface area contributed by atoms with Crippen molar-refractivity contribution in [1.29, 1.82) is 0 Å². The lowest BCUT2D eigenvalue weighted by Gasteiger charge is -2.35. The van der Waals surface area contributed by atoms with Crippen LogP contribution >= 0.6 is 35.3 Å². The predicted octanol–water partition coefficient (Wildman–Crippen LogP) is 5.12. The highest BCUT2D eigenvalue weighted by atomic mass is 32.2. The molecular formula is C20H19N3OS3. The van der Waals surface area contributed by atoms with E-state index in [1.807, 2.05) is 53.4 Å². The smallest absolute Gasteiger partial charge is 0.237 e. The highest BCUT2D eigenvalue weighted by molar-refractivity contribution is 8.01. The van der Waals surface area contributed by atoms with Crippen LogP contribution < -0.4 is 4.90 Å². The maximum absolute atomic E-state index is 13.0. The molecule has 1 aromatic heterocycles. The lowest BCUT2D eigenvalue weighted by molar-refractivity contribution is -0.116. The van der Waals surface area contributed by atoms with Gasteiger partial charge in [0.2, 0.25) is 5.91 Å². The normalized spacial score (nSPS) is 16.2. The van der Waals surface area contributed by atoms with Crippen molar-refractivity contribution in [3.05, 3.63) is 64.1 Å². The molecule has 0 bridgehead atoms. The summed E-state index contributed by atoms with van der Waals surface area (Å²) in [5.41, 5.74) is 3.23. The van der Waals surface area contributed by atoms with Crippen LogP contribution in [-0.2, 0) is 11.2 Å². The van der Waals surface area contributed by atoms with E-state index in [0.717, 1.165) is 28.6 Å². The van der Waals surface area contributed by atoms with Crippen LogP contribution in [0.2, 0.25) is 0 Å². The molecule has 1 aliphatic heterocycles. The minimum Gasteiger partial charge on any atom is -0.309 e. The zero-order valence-corrected chi connectivity index (χ0v) is 17.3. The molecule has 0 saturated heterocycles. The van der Waals surface area contributed by atoms with Crippen LogP contribution in [0.4, 0.5) is 5.69 Å². The number of benzene rings is 2. The Morgan fingerprint density at radius 3 is 2.78 bits per heavy atom. The molecule has 2 heterocycles. The fourth-order valence-corrected chi connectivity index (χ4v) is 5.53. The second-order valence-corrected chi connectivity index (χ2v) is 9.30. The van der Waals surface area contributed by atoms with Crippen molar-refractivity contribution in [2.75, 3.05) is 10.7 Å². The molecule has 3 aromatic rings. The van der Waals surface area contributed by atoms with Crippen LogP contribution in [0.5, 0.6) is 0 Å². The van der Waals surface area contributed by atoms with Gasteiger partial charge in [-0.2, -0.15) is 0 Å². The van der Waals surface area contributed by atoms with Crippen molar-refractivity contribution in [1.82, 2.24) is 9.78 Å². The number of anilines is 1. The Morgan fingerprint density at radius 1 is 1.22 bits per heavy atom. The molecule has 1 aliphatic rings. The number of para-hydroxylation sites is 2. The van der Waals surface area contributed by atoms with E-state index in [4.69, 9.17) is 12.2 Å². The van der Waals surface area contributed by atoms with Gasteiger partial charge in [-0.05, 0) is 55.7 Å². The summed E-state index contributed by atoms with van der Waals surface area (Å²) in [6.07, 6.45) is 2.02. The number of fused-ring (bicyclic) bond motifs is 1. The predicted molar refractivity (Wildman–Crippen MR) is 115 cm³/mol. The van der Waals surface area contributed by atoms with Crippen molar-refractivity contribution in [3.63, 3.8) is 0 Å². The molecule has 27 heavy (non-hydrogen) atoms. The maximum atomic E-state index is 13.0. The molecule has 0 N–H and O–H groups in total.